The van der Waals surface area contributed by atoms with Crippen LogP contribution in [0, 0.1) is 40.4 Å². The van der Waals surface area contributed by atoms with Crippen molar-refractivity contribution in [2.75, 3.05) is 0 Å². The Labute approximate surface area is 174 Å². The van der Waals surface area contributed by atoms with Crippen molar-refractivity contribution in [3.8, 4) is 0 Å². The predicted octanol–water partition coefficient (Wildman–Crippen LogP) is 7.31. The van der Waals surface area contributed by atoms with Gasteiger partial charge in [0.15, 0.2) is 0 Å². The maximum Gasteiger partial charge on any atom is 0.0861 e. The summed E-state index contributed by atoms with van der Waals surface area (Å²) in [6.45, 7) is 14.1. The molecule has 0 aromatic rings. The maximum absolute atomic E-state index is 11.8. The molecule has 4 fully saturated rings. The highest BCUT2D eigenvalue weighted by Gasteiger charge is 2.60. The zero-order chi connectivity index (χ0) is 20.2. The summed E-state index contributed by atoms with van der Waals surface area (Å²) in [6, 6.07) is 0. The molecule has 4 aliphatic carbocycles. The highest BCUT2D eigenvalue weighted by atomic mass is 16.3. The molecule has 4 aliphatic rings. The fraction of sp³-hybridized carbons (Fsp3) is 0.852. The van der Waals surface area contributed by atoms with Crippen LogP contribution in [0.4, 0.5) is 0 Å². The highest BCUT2D eigenvalue weighted by molar-refractivity contribution is 5.36. The highest BCUT2D eigenvalue weighted by Crippen LogP contribution is 2.67. The van der Waals surface area contributed by atoms with Crippen LogP contribution in [0.1, 0.15) is 98.3 Å². The minimum absolute atomic E-state index is 0.270. The normalized spacial score (nSPS) is 46.2. The first-order valence-corrected chi connectivity index (χ1v) is 12.3. The van der Waals surface area contributed by atoms with E-state index in [1.54, 1.807) is 0 Å². The monoisotopic (exact) mass is 387 g/mol. The summed E-state index contributed by atoms with van der Waals surface area (Å²) in [5, 5.41) is 11.8. The lowest BCUT2D eigenvalue weighted by molar-refractivity contribution is -0.0781. The van der Waals surface area contributed by atoms with Gasteiger partial charge >= 0.3 is 0 Å². The second-order valence-electron chi connectivity index (χ2n) is 11.8. The first kappa shape index (κ1) is 20.7. The summed E-state index contributed by atoms with van der Waals surface area (Å²) in [6.07, 6.45) is 18.6. The van der Waals surface area contributed by atoms with Crippen molar-refractivity contribution >= 4 is 0 Å². The van der Waals surface area contributed by atoms with E-state index < -0.39 is 5.60 Å². The van der Waals surface area contributed by atoms with Gasteiger partial charge in [-0.2, -0.15) is 0 Å². The van der Waals surface area contributed by atoms with E-state index in [-0.39, 0.29) is 5.41 Å². The van der Waals surface area contributed by atoms with E-state index in [9.17, 15) is 5.11 Å². The lowest BCUT2D eigenvalue weighted by atomic mass is 9.61. The fourth-order valence-electron chi connectivity index (χ4n) is 7.89. The summed E-state index contributed by atoms with van der Waals surface area (Å²) in [5.41, 5.74) is 1.44. The van der Waals surface area contributed by atoms with E-state index in [0.717, 1.165) is 30.1 Å². The Hall–Kier alpha value is -0.560. The summed E-state index contributed by atoms with van der Waals surface area (Å²) in [5.74, 6) is 3.68. The van der Waals surface area contributed by atoms with Crippen LogP contribution >= 0.6 is 0 Å². The van der Waals surface area contributed by atoms with Crippen molar-refractivity contribution in [3.63, 3.8) is 0 Å². The van der Waals surface area contributed by atoms with Gasteiger partial charge in [0.1, 0.15) is 0 Å². The minimum atomic E-state index is -0.579. The molecule has 0 aromatic carbocycles. The van der Waals surface area contributed by atoms with Crippen LogP contribution in [0.3, 0.4) is 0 Å². The molecule has 0 spiro atoms. The predicted molar refractivity (Wildman–Crippen MR) is 119 cm³/mol. The summed E-state index contributed by atoms with van der Waals surface area (Å²) in [7, 11) is 0. The van der Waals surface area contributed by atoms with E-state index in [4.69, 9.17) is 0 Å². The first-order chi connectivity index (χ1) is 13.2. The molecule has 0 aliphatic heterocycles. The molecule has 0 amide bonds. The molecule has 7 atom stereocenters. The molecule has 0 saturated heterocycles. The number of rotatable bonds is 7. The molecule has 0 heterocycles. The van der Waals surface area contributed by atoms with Gasteiger partial charge in [-0.1, -0.05) is 71.3 Å². The van der Waals surface area contributed by atoms with Crippen LogP contribution in [0.25, 0.3) is 0 Å². The van der Waals surface area contributed by atoms with Crippen LogP contribution in [-0.2, 0) is 0 Å². The van der Waals surface area contributed by atoms with E-state index in [0.29, 0.717) is 11.3 Å². The molecule has 0 radical (unpaired) electrons. The number of hydrogen-bond acceptors (Lipinski definition) is 1. The molecular weight excluding hydrogens is 343 g/mol. The summed E-state index contributed by atoms with van der Waals surface area (Å²) >= 11 is 0. The largest absolute Gasteiger partial charge is 0.385 e. The van der Waals surface area contributed by atoms with Crippen molar-refractivity contribution in [2.45, 2.75) is 104 Å². The smallest absolute Gasteiger partial charge is 0.0861 e. The van der Waals surface area contributed by atoms with Gasteiger partial charge in [0.2, 0.25) is 0 Å². The SMILES string of the molecule is CC(C)CCC[C@@H](C)[C@H]1CC[C@@H]2[C@]1(C)CC[13CH2][C@@]2(O)/[13CH]=C/[C@]12C[C@H]1CCC2=[13CH2]. The Morgan fingerprint density at radius 3 is 2.54 bits per heavy atom. The van der Waals surface area contributed by atoms with E-state index in [1.807, 2.05) is 0 Å². The van der Waals surface area contributed by atoms with E-state index in [1.165, 1.54) is 69.8 Å². The third-order valence-electron chi connectivity index (χ3n) is 9.71. The summed E-state index contributed by atoms with van der Waals surface area (Å²) in [4.78, 5) is 0. The van der Waals surface area contributed by atoms with Crippen molar-refractivity contribution < 1.29 is 5.11 Å². The molecule has 28 heavy (non-hydrogen) atoms. The van der Waals surface area contributed by atoms with Crippen molar-refractivity contribution in [1.82, 2.24) is 0 Å². The van der Waals surface area contributed by atoms with Gasteiger partial charge < -0.3 is 5.11 Å². The molecule has 4 rings (SSSR count). The van der Waals surface area contributed by atoms with Gasteiger partial charge in [0.25, 0.3) is 0 Å². The number of allylic oxidation sites excluding steroid dienone is 2. The van der Waals surface area contributed by atoms with Gasteiger partial charge in [-0.05, 0) is 86.4 Å². The zero-order valence-corrected chi connectivity index (χ0v) is 19.0. The van der Waals surface area contributed by atoms with E-state index in [2.05, 4.69) is 46.4 Å². The average molecular weight is 388 g/mol. The van der Waals surface area contributed by atoms with Crippen LogP contribution in [0.15, 0.2) is 24.3 Å². The quantitative estimate of drug-likeness (QED) is 0.359. The average Bonchev–Trinajstić information content (AvgIpc) is 3.10. The van der Waals surface area contributed by atoms with Crippen LogP contribution < -0.4 is 0 Å². The Morgan fingerprint density at radius 1 is 1.11 bits per heavy atom. The molecule has 0 bridgehead atoms. The van der Waals surface area contributed by atoms with E-state index >= 15 is 0 Å². The third-order valence-corrected chi connectivity index (χ3v) is 9.71. The molecule has 1 heteroatoms. The van der Waals surface area contributed by atoms with Gasteiger partial charge in [-0.3, -0.25) is 0 Å². The first-order valence-electron chi connectivity index (χ1n) is 12.3. The topological polar surface area (TPSA) is 20.2 Å². The van der Waals surface area contributed by atoms with Gasteiger partial charge in [-0.25, -0.2) is 0 Å². The Morgan fingerprint density at radius 2 is 1.89 bits per heavy atom. The van der Waals surface area contributed by atoms with Gasteiger partial charge in [0, 0.05) is 5.41 Å². The maximum atomic E-state index is 11.8. The van der Waals surface area contributed by atoms with Crippen LogP contribution in [-0.4, -0.2) is 10.7 Å². The zero-order valence-electron chi connectivity index (χ0n) is 19.0. The van der Waals surface area contributed by atoms with Gasteiger partial charge in [0.05, 0.1) is 5.60 Å². The number of aliphatic hydroxyl groups is 1. The van der Waals surface area contributed by atoms with Gasteiger partial charge in [-0.15, -0.1) is 0 Å². The molecule has 4 saturated carbocycles. The van der Waals surface area contributed by atoms with Crippen molar-refractivity contribution in [2.24, 2.45) is 40.4 Å². The Bertz CT molecular complexity index is 632. The van der Waals surface area contributed by atoms with Crippen LogP contribution in [0.5, 0.6) is 0 Å². The minimum Gasteiger partial charge on any atom is -0.385 e. The van der Waals surface area contributed by atoms with Crippen molar-refractivity contribution in [1.29, 1.82) is 0 Å². The number of fused-ring (bicyclic) bond motifs is 2. The molecule has 0 unspecified atom stereocenters. The second-order valence-corrected chi connectivity index (χ2v) is 11.8. The standard InChI is InChI=1S/C27H44O/c1-19(2)8-6-9-20(3)23-12-13-24-25(23,5)14-7-15-27(24,28)17-16-26-18-22(26)11-10-21(26)4/h16-17,19-20,22-24,28H,4,6-15,18H2,1-3,5H3/b17-16+/t20-,22-,23-,24-,25-,26-,27-/m1/s1/i4+1,15+1,17+1. The lowest BCUT2D eigenvalue weighted by Crippen LogP contribution is -2.49. The Balaban J connectivity index is 1.47. The lowest BCUT2D eigenvalue weighted by Gasteiger charge is -2.50. The fourth-order valence-corrected chi connectivity index (χ4v) is 7.89. The summed E-state index contributed by atoms with van der Waals surface area (Å²) < 4.78 is 0. The Kier molecular flexibility index (Phi) is 5.39. The molecule has 0 aromatic heterocycles. The van der Waals surface area contributed by atoms with Crippen molar-refractivity contribution in [3.05, 3.63) is 24.3 Å². The molecule has 1 N–H and O–H groups in total. The van der Waals surface area contributed by atoms with Crippen LogP contribution in [0.2, 0.25) is 0 Å². The number of hydrogen-bond donors (Lipinski definition) is 1. The molecular formula is C27H44O. The molecule has 158 valence electrons. The second kappa shape index (κ2) is 7.29. The molecule has 1 nitrogen and oxygen atoms in total. The third kappa shape index (κ3) is 3.34.